The van der Waals surface area contributed by atoms with Crippen molar-refractivity contribution in [3.8, 4) is 0 Å². The van der Waals surface area contributed by atoms with Gasteiger partial charge in [0.05, 0.1) is 0 Å². The van der Waals surface area contributed by atoms with Crippen LogP contribution in [0.5, 0.6) is 0 Å². The Labute approximate surface area is 94.9 Å². The van der Waals surface area contributed by atoms with Crippen molar-refractivity contribution in [2.24, 2.45) is 0 Å². The molecular formula is C12H17I. The second kappa shape index (κ2) is 3.60. The first-order chi connectivity index (χ1) is 5.82. The Bertz CT molecular complexity index is 319. The second-order valence-electron chi connectivity index (χ2n) is 4.67. The van der Waals surface area contributed by atoms with Crippen LogP contribution < -0.4 is 0 Å². The fraction of sp³-hybridized carbons (Fsp3) is 0.500. The van der Waals surface area contributed by atoms with Crippen LogP contribution in [0.4, 0.5) is 0 Å². The van der Waals surface area contributed by atoms with Crippen LogP contribution in [0.2, 0.25) is 0 Å². The van der Waals surface area contributed by atoms with Gasteiger partial charge >= 0.3 is 0 Å². The van der Waals surface area contributed by atoms with Crippen LogP contribution in [0.25, 0.3) is 0 Å². The van der Waals surface area contributed by atoms with Crippen molar-refractivity contribution < 1.29 is 0 Å². The van der Waals surface area contributed by atoms with Crippen LogP contribution in [-0.2, 0) is 5.41 Å². The lowest BCUT2D eigenvalue weighted by Gasteiger charge is -2.22. The van der Waals surface area contributed by atoms with E-state index in [1.54, 1.807) is 0 Å². The molecule has 1 rings (SSSR count). The molecule has 1 aromatic rings. The van der Waals surface area contributed by atoms with E-state index in [9.17, 15) is 0 Å². The normalized spacial score (nSPS) is 11.8. The van der Waals surface area contributed by atoms with Crippen molar-refractivity contribution in [3.63, 3.8) is 0 Å². The Balaban J connectivity index is 3.32. The van der Waals surface area contributed by atoms with Gasteiger partial charge in [0, 0.05) is 3.57 Å². The van der Waals surface area contributed by atoms with Gasteiger partial charge in [-0.25, -0.2) is 0 Å². The summed E-state index contributed by atoms with van der Waals surface area (Å²) in [6.45, 7) is 11.1. The van der Waals surface area contributed by atoms with Gasteiger partial charge in [0.15, 0.2) is 0 Å². The summed E-state index contributed by atoms with van der Waals surface area (Å²) in [5.41, 5.74) is 4.49. The maximum absolute atomic E-state index is 2.43. The Kier molecular flexibility index (Phi) is 3.05. The highest BCUT2D eigenvalue weighted by molar-refractivity contribution is 14.1. The molecular weight excluding hydrogens is 271 g/mol. The van der Waals surface area contributed by atoms with Crippen LogP contribution >= 0.6 is 22.6 Å². The average Bonchev–Trinajstić information content (AvgIpc) is 1.94. The summed E-state index contributed by atoms with van der Waals surface area (Å²) in [4.78, 5) is 0. The first-order valence-electron chi connectivity index (χ1n) is 4.59. The number of rotatable bonds is 0. The summed E-state index contributed by atoms with van der Waals surface area (Å²) in [7, 11) is 0. The van der Waals surface area contributed by atoms with E-state index in [1.807, 2.05) is 0 Å². The van der Waals surface area contributed by atoms with E-state index >= 15 is 0 Å². The Morgan fingerprint density at radius 1 is 1.00 bits per heavy atom. The van der Waals surface area contributed by atoms with Gasteiger partial charge in [0.2, 0.25) is 0 Å². The minimum Gasteiger partial charge on any atom is -0.0560 e. The fourth-order valence-electron chi connectivity index (χ4n) is 1.36. The zero-order valence-electron chi connectivity index (χ0n) is 9.03. The van der Waals surface area contributed by atoms with E-state index < -0.39 is 0 Å². The summed E-state index contributed by atoms with van der Waals surface area (Å²) in [5.74, 6) is 0. The molecule has 0 saturated carbocycles. The third-order valence-corrected chi connectivity index (χ3v) is 3.28. The largest absolute Gasteiger partial charge is 0.0560 e. The molecule has 0 nitrogen and oxygen atoms in total. The summed E-state index contributed by atoms with van der Waals surface area (Å²) >= 11 is 2.43. The third-order valence-electron chi connectivity index (χ3n) is 2.39. The second-order valence-corrected chi connectivity index (χ2v) is 5.83. The minimum atomic E-state index is 0.259. The molecule has 0 N–H and O–H groups in total. The van der Waals surface area contributed by atoms with Crippen LogP contribution in [0.3, 0.4) is 0 Å². The monoisotopic (exact) mass is 288 g/mol. The van der Waals surface area contributed by atoms with Gasteiger partial charge in [-0.05, 0) is 64.6 Å². The SMILES string of the molecule is Cc1cc(I)c(C(C)(C)C)cc1C. The molecule has 0 aliphatic rings. The molecule has 0 atom stereocenters. The Hall–Kier alpha value is -0.0500. The molecule has 0 bridgehead atoms. The van der Waals surface area contributed by atoms with Crippen molar-refractivity contribution in [1.29, 1.82) is 0 Å². The van der Waals surface area contributed by atoms with Crippen LogP contribution in [0.15, 0.2) is 12.1 Å². The van der Waals surface area contributed by atoms with E-state index in [2.05, 4.69) is 69.3 Å². The average molecular weight is 288 g/mol. The number of aryl methyl sites for hydroxylation is 2. The van der Waals surface area contributed by atoms with Gasteiger partial charge in [-0.3, -0.25) is 0 Å². The molecule has 0 amide bonds. The lowest BCUT2D eigenvalue weighted by Crippen LogP contribution is -2.13. The van der Waals surface area contributed by atoms with E-state index in [0.717, 1.165) is 0 Å². The molecule has 0 radical (unpaired) electrons. The van der Waals surface area contributed by atoms with Crippen molar-refractivity contribution >= 4 is 22.6 Å². The molecule has 0 unspecified atom stereocenters. The number of hydrogen-bond acceptors (Lipinski definition) is 0. The molecule has 1 aromatic carbocycles. The Morgan fingerprint density at radius 3 is 1.92 bits per heavy atom. The van der Waals surface area contributed by atoms with Gasteiger partial charge in [-0.2, -0.15) is 0 Å². The standard InChI is InChI=1S/C12H17I/c1-8-6-10(12(3,4)5)11(13)7-9(8)2/h6-7H,1-5H3. The highest BCUT2D eigenvalue weighted by atomic mass is 127. The zero-order valence-corrected chi connectivity index (χ0v) is 11.2. The topological polar surface area (TPSA) is 0 Å². The molecule has 0 fully saturated rings. The van der Waals surface area contributed by atoms with Gasteiger partial charge < -0.3 is 0 Å². The predicted octanol–water partition coefficient (Wildman–Crippen LogP) is 4.21. The van der Waals surface area contributed by atoms with E-state index in [4.69, 9.17) is 0 Å². The fourth-order valence-corrected chi connectivity index (χ4v) is 2.79. The molecule has 0 aliphatic carbocycles. The quantitative estimate of drug-likeness (QED) is 0.627. The molecule has 0 spiro atoms. The highest BCUT2D eigenvalue weighted by Gasteiger charge is 2.17. The van der Waals surface area contributed by atoms with E-state index in [1.165, 1.54) is 20.3 Å². The lowest BCUT2D eigenvalue weighted by atomic mass is 9.85. The summed E-state index contributed by atoms with van der Waals surface area (Å²) < 4.78 is 1.38. The third kappa shape index (κ3) is 2.46. The maximum Gasteiger partial charge on any atom is 0.0170 e. The van der Waals surface area contributed by atoms with Crippen molar-refractivity contribution in [3.05, 3.63) is 32.4 Å². The first kappa shape index (κ1) is 11.0. The van der Waals surface area contributed by atoms with Gasteiger partial charge in [0.1, 0.15) is 0 Å². The minimum absolute atomic E-state index is 0.259. The number of benzene rings is 1. The van der Waals surface area contributed by atoms with Crippen LogP contribution in [-0.4, -0.2) is 0 Å². The van der Waals surface area contributed by atoms with Crippen molar-refractivity contribution in [2.45, 2.75) is 40.0 Å². The van der Waals surface area contributed by atoms with Crippen molar-refractivity contribution in [2.75, 3.05) is 0 Å². The molecule has 72 valence electrons. The van der Waals surface area contributed by atoms with Gasteiger partial charge in [-0.1, -0.05) is 26.8 Å². The number of halogens is 1. The van der Waals surface area contributed by atoms with Gasteiger partial charge in [-0.15, -0.1) is 0 Å². The zero-order chi connectivity index (χ0) is 10.2. The first-order valence-corrected chi connectivity index (χ1v) is 5.67. The van der Waals surface area contributed by atoms with E-state index in [-0.39, 0.29) is 5.41 Å². The molecule has 0 aromatic heterocycles. The van der Waals surface area contributed by atoms with E-state index in [0.29, 0.717) is 0 Å². The molecule has 0 aliphatic heterocycles. The lowest BCUT2D eigenvalue weighted by molar-refractivity contribution is 0.586. The summed E-state index contributed by atoms with van der Waals surface area (Å²) in [5, 5.41) is 0. The maximum atomic E-state index is 2.43. The van der Waals surface area contributed by atoms with Crippen molar-refractivity contribution in [1.82, 2.24) is 0 Å². The summed E-state index contributed by atoms with van der Waals surface area (Å²) in [6, 6.07) is 4.59. The highest BCUT2D eigenvalue weighted by Crippen LogP contribution is 2.29. The molecule has 0 heterocycles. The van der Waals surface area contributed by atoms with Crippen LogP contribution in [0.1, 0.15) is 37.5 Å². The number of hydrogen-bond donors (Lipinski definition) is 0. The van der Waals surface area contributed by atoms with Gasteiger partial charge in [0.25, 0.3) is 0 Å². The molecule has 1 heteroatoms. The Morgan fingerprint density at radius 2 is 1.46 bits per heavy atom. The van der Waals surface area contributed by atoms with Crippen LogP contribution in [0, 0.1) is 17.4 Å². The predicted molar refractivity (Wildman–Crippen MR) is 67.3 cm³/mol. The molecule has 0 saturated heterocycles. The smallest absolute Gasteiger partial charge is 0.0170 e. The summed E-state index contributed by atoms with van der Waals surface area (Å²) in [6.07, 6.45) is 0. The molecule has 13 heavy (non-hydrogen) atoms.